The number of carbonyl (C=O) groups is 4. The molecule has 2 bridgehead atoms. The van der Waals surface area contributed by atoms with Gasteiger partial charge in [0.2, 0.25) is 11.8 Å². The molecule has 0 spiro atoms. The predicted octanol–water partition coefficient (Wildman–Crippen LogP) is 2.52. The molecule has 2 aliphatic carbocycles. The molecule has 8 heteroatoms. The Labute approximate surface area is 177 Å². The molecule has 1 aromatic carbocycles. The summed E-state index contributed by atoms with van der Waals surface area (Å²) in [5.74, 6) is -1.71. The van der Waals surface area contributed by atoms with E-state index in [9.17, 15) is 19.2 Å². The van der Waals surface area contributed by atoms with Crippen molar-refractivity contribution >= 4 is 45.3 Å². The maximum atomic E-state index is 12.6. The van der Waals surface area contributed by atoms with E-state index in [1.54, 1.807) is 6.07 Å². The average molecular weight is 463 g/mol. The van der Waals surface area contributed by atoms with Crippen LogP contribution in [0.2, 0.25) is 0 Å². The van der Waals surface area contributed by atoms with Crippen LogP contribution in [0.4, 0.5) is 5.69 Å². The first-order valence-electron chi connectivity index (χ1n) is 9.98. The molecular formula is C21H23BrN2O5. The number of hydrogen-bond donors (Lipinski definition) is 1. The molecular weight excluding hydrogens is 440 g/mol. The smallest absolute Gasteiger partial charge is 0.326 e. The number of esters is 1. The van der Waals surface area contributed by atoms with Crippen molar-refractivity contribution in [2.75, 3.05) is 18.5 Å². The van der Waals surface area contributed by atoms with Crippen molar-refractivity contribution in [3.05, 3.63) is 28.2 Å². The third kappa shape index (κ3) is 3.70. The molecule has 0 unspecified atom stereocenters. The van der Waals surface area contributed by atoms with Crippen LogP contribution in [0, 0.1) is 23.7 Å². The van der Waals surface area contributed by atoms with Gasteiger partial charge in [-0.2, -0.15) is 0 Å². The summed E-state index contributed by atoms with van der Waals surface area (Å²) in [5, 5.41) is 2.72. The van der Waals surface area contributed by atoms with Gasteiger partial charge in [0.1, 0.15) is 6.54 Å². The molecule has 3 aliphatic rings. The van der Waals surface area contributed by atoms with Crippen LogP contribution in [-0.4, -0.2) is 41.7 Å². The van der Waals surface area contributed by atoms with E-state index in [-0.39, 0.29) is 35.5 Å². The number of imide groups is 1. The Morgan fingerprint density at radius 2 is 1.83 bits per heavy atom. The van der Waals surface area contributed by atoms with Crippen molar-refractivity contribution < 1.29 is 23.9 Å². The van der Waals surface area contributed by atoms with Crippen LogP contribution >= 0.6 is 15.9 Å². The van der Waals surface area contributed by atoms with Crippen LogP contribution in [0.1, 0.15) is 31.7 Å². The highest BCUT2D eigenvalue weighted by atomic mass is 79.9. The predicted molar refractivity (Wildman–Crippen MR) is 108 cm³/mol. The maximum Gasteiger partial charge on any atom is 0.326 e. The van der Waals surface area contributed by atoms with E-state index in [1.165, 1.54) is 0 Å². The lowest BCUT2D eigenvalue weighted by molar-refractivity contribution is -0.154. The normalized spacial score (nSPS) is 27.3. The summed E-state index contributed by atoms with van der Waals surface area (Å²) < 4.78 is 5.93. The minimum atomic E-state index is -0.749. The Balaban J connectivity index is 1.30. The van der Waals surface area contributed by atoms with Crippen LogP contribution < -0.4 is 5.32 Å². The van der Waals surface area contributed by atoms with Crippen LogP contribution in [0.3, 0.4) is 0 Å². The second-order valence-corrected chi connectivity index (χ2v) is 8.93. The topological polar surface area (TPSA) is 92.8 Å². The summed E-state index contributed by atoms with van der Waals surface area (Å²) in [7, 11) is 0. The molecule has 1 aliphatic heterocycles. The molecule has 154 valence electrons. The molecule has 2 saturated carbocycles. The number of hydrogen-bond acceptors (Lipinski definition) is 5. The van der Waals surface area contributed by atoms with E-state index in [2.05, 4.69) is 21.2 Å². The van der Waals surface area contributed by atoms with Crippen molar-refractivity contribution in [2.45, 2.75) is 32.6 Å². The zero-order chi connectivity index (χ0) is 20.7. The zero-order valence-electron chi connectivity index (χ0n) is 16.2. The van der Waals surface area contributed by atoms with Gasteiger partial charge in [-0.1, -0.05) is 22.9 Å². The molecule has 4 rings (SSSR count). The van der Waals surface area contributed by atoms with Gasteiger partial charge in [-0.15, -0.1) is 0 Å². The number of nitrogens with zero attached hydrogens (tertiary/aromatic N) is 1. The van der Waals surface area contributed by atoms with Crippen LogP contribution in [0.25, 0.3) is 0 Å². The summed E-state index contributed by atoms with van der Waals surface area (Å²) in [6.45, 7) is 1.09. The quantitative estimate of drug-likeness (QED) is 0.517. The number of rotatable bonds is 6. The fourth-order valence-electron chi connectivity index (χ4n) is 5.11. The van der Waals surface area contributed by atoms with Crippen molar-refractivity contribution in [2.24, 2.45) is 23.7 Å². The number of likely N-dealkylation sites (tertiary alicyclic amines) is 1. The lowest BCUT2D eigenvalue weighted by atomic mass is 9.81. The molecule has 1 saturated heterocycles. The number of fused-ring (bicyclic) bond motifs is 5. The molecule has 3 fully saturated rings. The number of benzene rings is 1. The third-order valence-electron chi connectivity index (χ3n) is 6.39. The maximum absolute atomic E-state index is 12.6. The molecule has 29 heavy (non-hydrogen) atoms. The van der Waals surface area contributed by atoms with Gasteiger partial charge in [0.15, 0.2) is 6.61 Å². The van der Waals surface area contributed by atoms with Crippen molar-refractivity contribution in [1.82, 2.24) is 4.90 Å². The first-order valence-corrected chi connectivity index (χ1v) is 10.8. The number of aryl methyl sites for hydroxylation is 1. The van der Waals surface area contributed by atoms with Crippen LogP contribution in [-0.2, 0) is 30.3 Å². The standard InChI is InChI=1S/C21H23BrN2O5/c1-2-11-8-14(22)5-6-15(11)23-16(25)10-29-17(26)9-24-20(27)18-12-3-4-13(7-12)19(18)21(24)28/h5-6,8,12-13,18-19H,2-4,7,9-10H2,1H3,(H,23,25)/t12-,13-,18-,19-/m0/s1. The highest BCUT2D eigenvalue weighted by Crippen LogP contribution is 2.56. The fourth-order valence-corrected chi connectivity index (χ4v) is 5.52. The number of nitrogens with one attached hydrogen (secondary N) is 1. The van der Waals surface area contributed by atoms with Gasteiger partial charge in [0, 0.05) is 10.2 Å². The third-order valence-corrected chi connectivity index (χ3v) is 6.89. The van der Waals surface area contributed by atoms with Gasteiger partial charge in [0.25, 0.3) is 5.91 Å². The van der Waals surface area contributed by atoms with Gasteiger partial charge < -0.3 is 10.1 Å². The molecule has 3 amide bonds. The fraction of sp³-hybridized carbons (Fsp3) is 0.524. The molecule has 1 N–H and O–H groups in total. The monoisotopic (exact) mass is 462 g/mol. The van der Waals surface area contributed by atoms with E-state index >= 15 is 0 Å². The number of anilines is 1. The largest absolute Gasteiger partial charge is 0.454 e. The Kier molecular flexibility index (Phi) is 5.46. The Morgan fingerprint density at radius 1 is 1.17 bits per heavy atom. The SMILES string of the molecule is CCc1cc(Br)ccc1NC(=O)COC(=O)CN1C(=O)[C@H]2[C@H]3CC[C@@H](C3)[C@@H]2C1=O. The molecule has 1 heterocycles. The van der Waals surface area contributed by atoms with Gasteiger partial charge in [0.05, 0.1) is 11.8 Å². The molecule has 0 aromatic heterocycles. The first-order chi connectivity index (χ1) is 13.9. The highest BCUT2D eigenvalue weighted by molar-refractivity contribution is 9.10. The Bertz CT molecular complexity index is 858. The summed E-state index contributed by atoms with van der Waals surface area (Å²) >= 11 is 3.39. The summed E-state index contributed by atoms with van der Waals surface area (Å²) in [6, 6.07) is 5.50. The number of ether oxygens (including phenoxy) is 1. The highest BCUT2D eigenvalue weighted by Gasteiger charge is 2.61. The lowest BCUT2D eigenvalue weighted by Gasteiger charge is -2.19. The van der Waals surface area contributed by atoms with E-state index in [1.807, 2.05) is 19.1 Å². The van der Waals surface area contributed by atoms with Gasteiger partial charge in [-0.3, -0.25) is 24.1 Å². The van der Waals surface area contributed by atoms with E-state index in [0.717, 1.165) is 40.6 Å². The van der Waals surface area contributed by atoms with E-state index in [4.69, 9.17) is 4.74 Å². The first kappa shape index (κ1) is 20.1. The molecule has 7 nitrogen and oxygen atoms in total. The number of amides is 3. The number of carbonyl (C=O) groups excluding carboxylic acids is 4. The van der Waals surface area contributed by atoms with E-state index in [0.29, 0.717) is 5.69 Å². The zero-order valence-corrected chi connectivity index (χ0v) is 17.7. The minimum Gasteiger partial charge on any atom is -0.454 e. The molecule has 4 atom stereocenters. The summed E-state index contributed by atoms with van der Waals surface area (Å²) in [4.78, 5) is 50.6. The summed E-state index contributed by atoms with van der Waals surface area (Å²) in [6.07, 6.45) is 3.65. The lowest BCUT2D eigenvalue weighted by Crippen LogP contribution is -2.38. The Morgan fingerprint density at radius 3 is 2.45 bits per heavy atom. The Hall–Kier alpha value is -2.22. The molecule has 1 aromatic rings. The van der Waals surface area contributed by atoms with Crippen molar-refractivity contribution in [3.8, 4) is 0 Å². The van der Waals surface area contributed by atoms with Gasteiger partial charge >= 0.3 is 5.97 Å². The van der Waals surface area contributed by atoms with Crippen molar-refractivity contribution in [1.29, 1.82) is 0 Å². The average Bonchev–Trinajstić information content (AvgIpc) is 3.38. The number of halogens is 1. The van der Waals surface area contributed by atoms with Gasteiger partial charge in [-0.25, -0.2) is 0 Å². The second kappa shape index (κ2) is 7.89. The minimum absolute atomic E-state index is 0.254. The van der Waals surface area contributed by atoms with Gasteiger partial charge in [-0.05, 0) is 61.3 Å². The summed E-state index contributed by atoms with van der Waals surface area (Å²) in [5.41, 5.74) is 1.61. The van der Waals surface area contributed by atoms with E-state index < -0.39 is 25.0 Å². The van der Waals surface area contributed by atoms with Crippen LogP contribution in [0.5, 0.6) is 0 Å². The van der Waals surface area contributed by atoms with Crippen molar-refractivity contribution in [3.63, 3.8) is 0 Å². The second-order valence-electron chi connectivity index (χ2n) is 8.01. The van der Waals surface area contributed by atoms with Crippen LogP contribution in [0.15, 0.2) is 22.7 Å². The molecule has 0 radical (unpaired) electrons.